The molecular weight excluding hydrogens is 256 g/mol. The molecule has 0 amide bonds. The van der Waals surface area contributed by atoms with Crippen LogP contribution in [0.15, 0.2) is 18.2 Å². The summed E-state index contributed by atoms with van der Waals surface area (Å²) in [6, 6.07) is 4.73. The third-order valence-corrected chi connectivity index (χ3v) is 3.64. The van der Waals surface area contributed by atoms with Crippen LogP contribution in [0.5, 0.6) is 0 Å². The quantitative estimate of drug-likeness (QED) is 0.674. The minimum atomic E-state index is -0.406. The van der Waals surface area contributed by atoms with Crippen LogP contribution in [0.1, 0.15) is 12.0 Å². The van der Waals surface area contributed by atoms with Crippen molar-refractivity contribution in [1.82, 2.24) is 0 Å². The first-order valence-corrected chi connectivity index (χ1v) is 6.22. The van der Waals surface area contributed by atoms with E-state index in [-0.39, 0.29) is 17.6 Å². The summed E-state index contributed by atoms with van der Waals surface area (Å²) in [7, 11) is 0. The van der Waals surface area contributed by atoms with E-state index in [9.17, 15) is 10.1 Å². The molecule has 1 heterocycles. The van der Waals surface area contributed by atoms with Crippen LogP contribution >= 0.6 is 11.6 Å². The third-order valence-electron chi connectivity index (χ3n) is 3.29. The zero-order valence-electron chi connectivity index (χ0n) is 9.84. The fraction of sp³-hybridized carbons (Fsp3) is 0.500. The van der Waals surface area contributed by atoms with E-state index in [2.05, 4.69) is 0 Å². The van der Waals surface area contributed by atoms with E-state index in [0.29, 0.717) is 30.2 Å². The Hall–Kier alpha value is -1.17. The van der Waals surface area contributed by atoms with Gasteiger partial charge in [-0.2, -0.15) is 0 Å². The fourth-order valence-electron chi connectivity index (χ4n) is 2.21. The molecule has 2 unspecified atom stereocenters. The van der Waals surface area contributed by atoms with Gasteiger partial charge in [0.05, 0.1) is 16.6 Å². The second-order valence-electron chi connectivity index (χ2n) is 4.49. The van der Waals surface area contributed by atoms with Crippen molar-refractivity contribution in [1.29, 1.82) is 0 Å². The number of rotatable bonds is 3. The Morgan fingerprint density at radius 1 is 1.56 bits per heavy atom. The Labute approximate surface area is 110 Å². The second-order valence-corrected chi connectivity index (χ2v) is 4.89. The molecule has 0 bridgehead atoms. The van der Waals surface area contributed by atoms with Crippen molar-refractivity contribution < 1.29 is 9.66 Å². The molecule has 98 valence electrons. The predicted molar refractivity (Wildman–Crippen MR) is 68.7 cm³/mol. The van der Waals surface area contributed by atoms with E-state index in [0.717, 1.165) is 6.42 Å². The fourth-order valence-corrected chi connectivity index (χ4v) is 2.45. The van der Waals surface area contributed by atoms with Crippen molar-refractivity contribution in [2.45, 2.75) is 18.9 Å². The predicted octanol–water partition coefficient (Wildman–Crippen LogP) is 2.15. The first kappa shape index (κ1) is 13.3. The van der Waals surface area contributed by atoms with Crippen LogP contribution in [0.3, 0.4) is 0 Å². The van der Waals surface area contributed by atoms with Crippen LogP contribution in [0.4, 0.5) is 5.69 Å². The van der Waals surface area contributed by atoms with Gasteiger partial charge in [0, 0.05) is 30.2 Å². The molecular formula is C12H15ClN2O3. The standard InChI is InChI=1S/C12H15ClN2O3/c13-10-2-1-3-12(15(16)17)9(10)6-8-7-18-5-4-11(8)14/h1-3,8,11H,4-7,14H2. The topological polar surface area (TPSA) is 78.4 Å². The summed E-state index contributed by atoms with van der Waals surface area (Å²) in [5.41, 5.74) is 6.62. The smallest absolute Gasteiger partial charge is 0.274 e. The van der Waals surface area contributed by atoms with Gasteiger partial charge in [0.2, 0.25) is 0 Å². The molecule has 0 spiro atoms. The molecule has 1 aliphatic heterocycles. The van der Waals surface area contributed by atoms with E-state index in [4.69, 9.17) is 22.1 Å². The largest absolute Gasteiger partial charge is 0.381 e. The van der Waals surface area contributed by atoms with E-state index < -0.39 is 4.92 Å². The summed E-state index contributed by atoms with van der Waals surface area (Å²) in [6.45, 7) is 1.19. The van der Waals surface area contributed by atoms with Gasteiger partial charge in [-0.15, -0.1) is 0 Å². The minimum absolute atomic E-state index is 0.00891. The normalized spacial score (nSPS) is 23.9. The Kier molecular flexibility index (Phi) is 4.16. The monoisotopic (exact) mass is 270 g/mol. The van der Waals surface area contributed by atoms with Crippen molar-refractivity contribution in [3.8, 4) is 0 Å². The van der Waals surface area contributed by atoms with Crippen molar-refractivity contribution in [2.75, 3.05) is 13.2 Å². The minimum Gasteiger partial charge on any atom is -0.381 e. The average Bonchev–Trinajstić information content (AvgIpc) is 2.34. The maximum absolute atomic E-state index is 11.0. The number of nitro groups is 1. The lowest BCUT2D eigenvalue weighted by molar-refractivity contribution is -0.385. The van der Waals surface area contributed by atoms with Crippen LogP contribution in [-0.2, 0) is 11.2 Å². The first-order valence-electron chi connectivity index (χ1n) is 5.84. The molecule has 0 aliphatic carbocycles. The van der Waals surface area contributed by atoms with Crippen molar-refractivity contribution >= 4 is 17.3 Å². The zero-order chi connectivity index (χ0) is 13.1. The number of benzene rings is 1. The van der Waals surface area contributed by atoms with Crippen molar-refractivity contribution in [3.05, 3.63) is 38.9 Å². The molecule has 1 aromatic rings. The maximum atomic E-state index is 11.0. The Balaban J connectivity index is 2.24. The molecule has 6 heteroatoms. The molecule has 1 fully saturated rings. The van der Waals surface area contributed by atoms with Crippen LogP contribution in [0, 0.1) is 16.0 Å². The van der Waals surface area contributed by atoms with E-state index in [1.165, 1.54) is 6.07 Å². The highest BCUT2D eigenvalue weighted by Gasteiger charge is 2.27. The Morgan fingerprint density at radius 3 is 3.00 bits per heavy atom. The van der Waals surface area contributed by atoms with Crippen molar-refractivity contribution in [3.63, 3.8) is 0 Å². The number of hydrogen-bond donors (Lipinski definition) is 1. The van der Waals surface area contributed by atoms with E-state index in [1.807, 2.05) is 0 Å². The average molecular weight is 271 g/mol. The number of halogens is 1. The van der Waals surface area contributed by atoms with Gasteiger partial charge in [-0.1, -0.05) is 17.7 Å². The number of nitrogens with two attached hydrogens (primary N) is 1. The van der Waals surface area contributed by atoms with Gasteiger partial charge in [0.25, 0.3) is 5.69 Å². The summed E-state index contributed by atoms with van der Waals surface area (Å²) in [5.74, 6) is 0.0809. The summed E-state index contributed by atoms with van der Waals surface area (Å²) in [6.07, 6.45) is 1.26. The van der Waals surface area contributed by atoms with Gasteiger partial charge in [0.15, 0.2) is 0 Å². The Bertz CT molecular complexity index is 453. The molecule has 2 N–H and O–H groups in total. The SMILES string of the molecule is NC1CCOCC1Cc1c(Cl)cccc1[N+](=O)[O-]. The zero-order valence-corrected chi connectivity index (χ0v) is 10.6. The summed E-state index contributed by atoms with van der Waals surface area (Å²) in [4.78, 5) is 10.6. The highest BCUT2D eigenvalue weighted by molar-refractivity contribution is 6.31. The highest BCUT2D eigenvalue weighted by atomic mass is 35.5. The molecule has 2 rings (SSSR count). The third kappa shape index (κ3) is 2.80. The van der Waals surface area contributed by atoms with Crippen LogP contribution in [0.25, 0.3) is 0 Å². The summed E-state index contributed by atoms with van der Waals surface area (Å²) in [5, 5.41) is 11.4. The lowest BCUT2D eigenvalue weighted by atomic mass is 9.89. The molecule has 0 aromatic heterocycles. The molecule has 18 heavy (non-hydrogen) atoms. The molecule has 1 saturated heterocycles. The molecule has 1 aliphatic rings. The number of nitro benzene ring substituents is 1. The highest BCUT2D eigenvalue weighted by Crippen LogP contribution is 2.30. The van der Waals surface area contributed by atoms with Gasteiger partial charge in [-0.25, -0.2) is 0 Å². The number of hydrogen-bond acceptors (Lipinski definition) is 4. The number of ether oxygens (including phenoxy) is 1. The summed E-state index contributed by atoms with van der Waals surface area (Å²) >= 11 is 6.05. The second kappa shape index (κ2) is 5.65. The lowest BCUT2D eigenvalue weighted by Gasteiger charge is -2.28. The van der Waals surface area contributed by atoms with E-state index in [1.54, 1.807) is 12.1 Å². The van der Waals surface area contributed by atoms with Crippen LogP contribution in [-0.4, -0.2) is 24.2 Å². The summed E-state index contributed by atoms with van der Waals surface area (Å²) < 4.78 is 5.37. The number of nitrogens with zero attached hydrogens (tertiary/aromatic N) is 1. The molecule has 2 atom stereocenters. The van der Waals surface area contributed by atoms with Crippen LogP contribution < -0.4 is 5.73 Å². The van der Waals surface area contributed by atoms with Gasteiger partial charge in [-0.05, 0) is 18.9 Å². The van der Waals surface area contributed by atoms with Gasteiger partial charge in [-0.3, -0.25) is 10.1 Å². The van der Waals surface area contributed by atoms with E-state index >= 15 is 0 Å². The van der Waals surface area contributed by atoms with Crippen molar-refractivity contribution in [2.24, 2.45) is 11.7 Å². The Morgan fingerprint density at radius 2 is 2.33 bits per heavy atom. The first-order chi connectivity index (χ1) is 8.59. The maximum Gasteiger partial charge on any atom is 0.274 e. The molecule has 0 radical (unpaired) electrons. The lowest BCUT2D eigenvalue weighted by Crippen LogP contribution is -2.39. The molecule has 0 saturated carbocycles. The molecule has 1 aromatic carbocycles. The van der Waals surface area contributed by atoms with Gasteiger partial charge < -0.3 is 10.5 Å². The van der Waals surface area contributed by atoms with Gasteiger partial charge >= 0.3 is 0 Å². The molecule has 5 nitrogen and oxygen atoms in total. The van der Waals surface area contributed by atoms with Crippen LogP contribution in [0.2, 0.25) is 5.02 Å². The van der Waals surface area contributed by atoms with Gasteiger partial charge in [0.1, 0.15) is 0 Å².